The molecule has 0 unspecified atom stereocenters. The third kappa shape index (κ3) is 19.0. The van der Waals surface area contributed by atoms with Crippen LogP contribution in [0.1, 0.15) is 84.0 Å². The van der Waals surface area contributed by atoms with Crippen molar-refractivity contribution in [3.05, 3.63) is 49.1 Å². The van der Waals surface area contributed by atoms with E-state index in [0.717, 1.165) is 12.8 Å². The van der Waals surface area contributed by atoms with Crippen molar-refractivity contribution in [3.8, 4) is 0 Å². The van der Waals surface area contributed by atoms with Gasteiger partial charge in [-0.3, -0.25) is 0 Å². The van der Waals surface area contributed by atoms with Crippen LogP contribution < -0.4 is 0 Å². The van der Waals surface area contributed by atoms with E-state index in [0.29, 0.717) is 0 Å². The van der Waals surface area contributed by atoms with Crippen LogP contribution in [0.5, 0.6) is 0 Å². The van der Waals surface area contributed by atoms with Gasteiger partial charge in [0.2, 0.25) is 0 Å². The summed E-state index contributed by atoms with van der Waals surface area (Å²) in [5, 5.41) is 0. The highest BCUT2D eigenvalue weighted by atomic mass is 14.0. The van der Waals surface area contributed by atoms with Crippen LogP contribution in [0.4, 0.5) is 0 Å². The van der Waals surface area contributed by atoms with Crippen molar-refractivity contribution in [2.24, 2.45) is 0 Å². The predicted octanol–water partition coefficient (Wildman–Crippen LogP) is 7.54. The minimum absolute atomic E-state index is 1.01. The molecule has 21 heavy (non-hydrogen) atoms. The van der Waals surface area contributed by atoms with Crippen LogP contribution in [0.25, 0.3) is 0 Å². The average molecular weight is 289 g/mol. The number of hydrogen-bond donors (Lipinski definition) is 0. The molecule has 0 aromatic heterocycles. The third-order valence-corrected chi connectivity index (χ3v) is 3.62. The Bertz CT molecular complexity index is 280. The standard InChI is InChI=1S/C21H36/c1-3-5-7-9-11-13-15-17-19-21-20-18-16-14-12-10-8-6-4-2/h3,5,7,11,13,17,19H,1,4,6,8-10,12,14-16,18,20-21H2,2H3. The largest absolute Gasteiger partial charge is 0.0991 e. The maximum Gasteiger partial charge on any atom is -0.0166 e. The molecule has 120 valence electrons. The zero-order valence-corrected chi connectivity index (χ0v) is 14.2. The smallest absolute Gasteiger partial charge is 0.0166 e. The van der Waals surface area contributed by atoms with Gasteiger partial charge in [0.25, 0.3) is 0 Å². The Morgan fingerprint density at radius 2 is 1.14 bits per heavy atom. The van der Waals surface area contributed by atoms with Gasteiger partial charge in [-0.15, -0.1) is 0 Å². The molecule has 0 atom stereocenters. The van der Waals surface area contributed by atoms with Crippen molar-refractivity contribution in [3.63, 3.8) is 0 Å². The van der Waals surface area contributed by atoms with Crippen molar-refractivity contribution >= 4 is 0 Å². The summed E-state index contributed by atoms with van der Waals surface area (Å²) >= 11 is 0. The summed E-state index contributed by atoms with van der Waals surface area (Å²) in [6.07, 6.45) is 31.1. The first-order valence-electron chi connectivity index (χ1n) is 8.99. The maximum absolute atomic E-state index is 3.65. The van der Waals surface area contributed by atoms with Crippen molar-refractivity contribution in [1.82, 2.24) is 0 Å². The Morgan fingerprint density at radius 1 is 0.619 bits per heavy atom. The van der Waals surface area contributed by atoms with E-state index >= 15 is 0 Å². The normalized spacial score (nSPS) is 12.0. The van der Waals surface area contributed by atoms with Gasteiger partial charge in [0.1, 0.15) is 0 Å². The van der Waals surface area contributed by atoms with E-state index < -0.39 is 0 Å². The zero-order chi connectivity index (χ0) is 15.4. The topological polar surface area (TPSA) is 0 Å². The Labute approximate surface area is 133 Å². The van der Waals surface area contributed by atoms with E-state index in [1.165, 1.54) is 64.2 Å². The minimum Gasteiger partial charge on any atom is -0.0991 e. The summed E-state index contributed by atoms with van der Waals surface area (Å²) in [6, 6.07) is 0. The lowest BCUT2D eigenvalue weighted by Crippen LogP contribution is -1.80. The molecule has 0 aromatic carbocycles. The molecule has 0 heteroatoms. The molecule has 0 aromatic rings. The summed E-state index contributed by atoms with van der Waals surface area (Å²) in [5.41, 5.74) is 0. The molecule has 0 saturated carbocycles. The summed E-state index contributed by atoms with van der Waals surface area (Å²) in [6.45, 7) is 5.93. The monoisotopic (exact) mass is 288 g/mol. The molecule has 0 aliphatic rings. The highest BCUT2D eigenvalue weighted by molar-refractivity contribution is 5.02. The molecule has 0 bridgehead atoms. The molecule has 0 radical (unpaired) electrons. The van der Waals surface area contributed by atoms with Crippen molar-refractivity contribution in [1.29, 1.82) is 0 Å². The minimum atomic E-state index is 1.01. The van der Waals surface area contributed by atoms with Gasteiger partial charge in [-0.2, -0.15) is 0 Å². The predicted molar refractivity (Wildman–Crippen MR) is 98.7 cm³/mol. The first-order chi connectivity index (χ1) is 10.4. The van der Waals surface area contributed by atoms with Gasteiger partial charge in [-0.05, 0) is 25.7 Å². The van der Waals surface area contributed by atoms with E-state index in [1.54, 1.807) is 0 Å². The van der Waals surface area contributed by atoms with E-state index in [1.807, 2.05) is 12.2 Å². The Hall–Kier alpha value is -1.04. The second-order valence-electron chi connectivity index (χ2n) is 5.70. The molecule has 0 spiro atoms. The number of hydrogen-bond acceptors (Lipinski definition) is 0. The van der Waals surface area contributed by atoms with E-state index in [4.69, 9.17) is 0 Å². The second-order valence-corrected chi connectivity index (χ2v) is 5.70. The lowest BCUT2D eigenvalue weighted by Gasteiger charge is -2.00. The SMILES string of the molecule is C=CC=CCC=CCC=CCCCCCCCCCCC. The molecular weight excluding hydrogens is 252 g/mol. The average Bonchev–Trinajstić information content (AvgIpc) is 2.50. The molecule has 0 heterocycles. The van der Waals surface area contributed by atoms with Crippen molar-refractivity contribution in [2.45, 2.75) is 84.0 Å². The fraction of sp³-hybridized carbons (Fsp3) is 0.619. The summed E-state index contributed by atoms with van der Waals surface area (Å²) in [4.78, 5) is 0. The van der Waals surface area contributed by atoms with Crippen molar-refractivity contribution < 1.29 is 0 Å². The van der Waals surface area contributed by atoms with Gasteiger partial charge in [0, 0.05) is 0 Å². The summed E-state index contributed by atoms with van der Waals surface area (Å²) in [7, 11) is 0. The second kappa shape index (κ2) is 19.0. The highest BCUT2D eigenvalue weighted by Gasteiger charge is 1.90. The summed E-state index contributed by atoms with van der Waals surface area (Å²) < 4.78 is 0. The molecule has 0 N–H and O–H groups in total. The molecule has 0 saturated heterocycles. The van der Waals surface area contributed by atoms with Crippen LogP contribution in [0.2, 0.25) is 0 Å². The molecule has 0 aliphatic heterocycles. The number of unbranched alkanes of at least 4 members (excludes halogenated alkanes) is 9. The first-order valence-corrected chi connectivity index (χ1v) is 8.99. The molecule has 0 aliphatic carbocycles. The zero-order valence-electron chi connectivity index (χ0n) is 14.2. The molecule has 0 amide bonds. The first kappa shape index (κ1) is 20.0. The Balaban J connectivity index is 3.18. The Kier molecular flexibility index (Phi) is 18.0. The van der Waals surface area contributed by atoms with Gasteiger partial charge in [-0.1, -0.05) is 107 Å². The Morgan fingerprint density at radius 3 is 1.76 bits per heavy atom. The molecule has 0 fully saturated rings. The van der Waals surface area contributed by atoms with Crippen LogP contribution in [0.3, 0.4) is 0 Å². The van der Waals surface area contributed by atoms with Crippen LogP contribution in [-0.4, -0.2) is 0 Å². The molecule has 0 nitrogen and oxygen atoms in total. The number of rotatable bonds is 15. The number of allylic oxidation sites excluding steroid dienone is 7. The maximum atomic E-state index is 3.65. The van der Waals surface area contributed by atoms with E-state index in [2.05, 4.69) is 43.9 Å². The highest BCUT2D eigenvalue weighted by Crippen LogP contribution is 2.10. The van der Waals surface area contributed by atoms with Crippen LogP contribution in [0.15, 0.2) is 49.1 Å². The van der Waals surface area contributed by atoms with Gasteiger partial charge in [0.05, 0.1) is 0 Å². The van der Waals surface area contributed by atoms with E-state index in [-0.39, 0.29) is 0 Å². The van der Waals surface area contributed by atoms with Crippen LogP contribution in [0, 0.1) is 0 Å². The van der Waals surface area contributed by atoms with Gasteiger partial charge in [-0.25, -0.2) is 0 Å². The quantitative estimate of drug-likeness (QED) is 0.166. The van der Waals surface area contributed by atoms with Gasteiger partial charge in [0.15, 0.2) is 0 Å². The molecular formula is C21H36. The van der Waals surface area contributed by atoms with Crippen molar-refractivity contribution in [2.75, 3.05) is 0 Å². The fourth-order valence-corrected chi connectivity index (χ4v) is 2.31. The summed E-state index contributed by atoms with van der Waals surface area (Å²) in [5.74, 6) is 0. The van der Waals surface area contributed by atoms with Gasteiger partial charge < -0.3 is 0 Å². The fourth-order valence-electron chi connectivity index (χ4n) is 2.31. The lowest BCUT2D eigenvalue weighted by atomic mass is 10.1. The third-order valence-electron chi connectivity index (χ3n) is 3.62. The lowest BCUT2D eigenvalue weighted by molar-refractivity contribution is 0.566. The molecule has 0 rings (SSSR count). The van der Waals surface area contributed by atoms with Crippen LogP contribution in [-0.2, 0) is 0 Å². The van der Waals surface area contributed by atoms with E-state index in [9.17, 15) is 0 Å². The van der Waals surface area contributed by atoms with Gasteiger partial charge >= 0.3 is 0 Å². The van der Waals surface area contributed by atoms with Crippen LogP contribution >= 0.6 is 0 Å².